The highest BCUT2D eigenvalue weighted by atomic mass is 32.1. The van der Waals surface area contributed by atoms with Crippen molar-refractivity contribution in [3.8, 4) is 0 Å². The van der Waals surface area contributed by atoms with E-state index in [1.807, 2.05) is 19.1 Å². The lowest BCUT2D eigenvalue weighted by Gasteiger charge is -2.16. The maximum atomic E-state index is 13.1. The molecule has 2 amide bonds. The SMILES string of the molecule is Cc1nc(Cc2ccc(F)cc2)sc1C(=O)Nc1ccc(N2CCCC2=O)cc1. The Morgan fingerprint density at radius 3 is 2.55 bits per heavy atom. The van der Waals surface area contributed by atoms with Crippen LogP contribution in [0.5, 0.6) is 0 Å². The second kappa shape index (κ2) is 8.13. The Morgan fingerprint density at radius 1 is 1.17 bits per heavy atom. The quantitative estimate of drug-likeness (QED) is 0.672. The van der Waals surface area contributed by atoms with Gasteiger partial charge in [0, 0.05) is 30.8 Å². The molecule has 29 heavy (non-hydrogen) atoms. The number of aromatic nitrogens is 1. The molecular formula is C22H20FN3O2S. The minimum atomic E-state index is -0.274. The smallest absolute Gasteiger partial charge is 0.267 e. The van der Waals surface area contributed by atoms with Crippen molar-refractivity contribution in [3.63, 3.8) is 0 Å². The van der Waals surface area contributed by atoms with E-state index in [0.29, 0.717) is 29.1 Å². The third-order valence-electron chi connectivity index (χ3n) is 4.83. The molecular weight excluding hydrogens is 389 g/mol. The van der Waals surface area contributed by atoms with Crippen LogP contribution in [0.1, 0.15) is 38.8 Å². The monoisotopic (exact) mass is 409 g/mol. The predicted molar refractivity (Wildman–Crippen MR) is 112 cm³/mol. The number of rotatable bonds is 5. The molecule has 2 heterocycles. The molecule has 0 radical (unpaired) electrons. The van der Waals surface area contributed by atoms with Crippen molar-refractivity contribution in [3.05, 3.63) is 75.5 Å². The van der Waals surface area contributed by atoms with Crippen molar-refractivity contribution in [2.24, 2.45) is 0 Å². The summed E-state index contributed by atoms with van der Waals surface area (Å²) in [6, 6.07) is 13.6. The molecule has 4 rings (SSSR count). The van der Waals surface area contributed by atoms with Crippen LogP contribution in [0, 0.1) is 12.7 Å². The van der Waals surface area contributed by atoms with Crippen LogP contribution in [0.4, 0.5) is 15.8 Å². The van der Waals surface area contributed by atoms with Crippen LogP contribution in [-0.2, 0) is 11.2 Å². The zero-order valence-corrected chi connectivity index (χ0v) is 16.8. The van der Waals surface area contributed by atoms with E-state index in [0.717, 1.165) is 29.2 Å². The minimum Gasteiger partial charge on any atom is -0.321 e. The van der Waals surface area contributed by atoms with Crippen molar-refractivity contribution in [2.45, 2.75) is 26.2 Å². The molecule has 2 aromatic carbocycles. The number of thiazole rings is 1. The van der Waals surface area contributed by atoms with Crippen molar-refractivity contribution >= 4 is 34.5 Å². The van der Waals surface area contributed by atoms with Crippen LogP contribution < -0.4 is 10.2 Å². The Bertz CT molecular complexity index is 1040. The Morgan fingerprint density at radius 2 is 1.90 bits per heavy atom. The number of carbonyl (C=O) groups excluding carboxylic acids is 2. The van der Waals surface area contributed by atoms with Gasteiger partial charge in [-0.25, -0.2) is 9.37 Å². The van der Waals surface area contributed by atoms with Gasteiger partial charge in [0.15, 0.2) is 0 Å². The number of amides is 2. The third kappa shape index (κ3) is 4.35. The molecule has 0 atom stereocenters. The van der Waals surface area contributed by atoms with E-state index < -0.39 is 0 Å². The van der Waals surface area contributed by atoms with Gasteiger partial charge in [-0.2, -0.15) is 0 Å². The molecule has 1 aliphatic rings. The first-order valence-electron chi connectivity index (χ1n) is 9.42. The highest BCUT2D eigenvalue weighted by Gasteiger charge is 2.21. The molecule has 0 bridgehead atoms. The number of halogens is 1. The van der Waals surface area contributed by atoms with Gasteiger partial charge in [0.05, 0.1) is 10.7 Å². The first-order valence-corrected chi connectivity index (χ1v) is 10.2. The summed E-state index contributed by atoms with van der Waals surface area (Å²) < 4.78 is 13.1. The van der Waals surface area contributed by atoms with Gasteiger partial charge in [-0.05, 0) is 55.3 Å². The van der Waals surface area contributed by atoms with Gasteiger partial charge in [0.2, 0.25) is 5.91 Å². The zero-order valence-electron chi connectivity index (χ0n) is 15.9. The lowest BCUT2D eigenvalue weighted by Crippen LogP contribution is -2.23. The number of nitrogens with zero attached hydrogens (tertiary/aromatic N) is 2. The summed E-state index contributed by atoms with van der Waals surface area (Å²) in [4.78, 5) is 31.3. The van der Waals surface area contributed by atoms with Crippen LogP contribution in [0.3, 0.4) is 0 Å². The fourth-order valence-corrected chi connectivity index (χ4v) is 4.34. The number of benzene rings is 2. The van der Waals surface area contributed by atoms with E-state index in [9.17, 15) is 14.0 Å². The summed E-state index contributed by atoms with van der Waals surface area (Å²) in [5.41, 5.74) is 3.13. The Kier molecular flexibility index (Phi) is 5.40. The highest BCUT2D eigenvalue weighted by molar-refractivity contribution is 7.14. The molecule has 0 unspecified atom stereocenters. The molecule has 0 aliphatic carbocycles. The molecule has 0 saturated carbocycles. The number of hydrogen-bond donors (Lipinski definition) is 1. The van der Waals surface area contributed by atoms with Gasteiger partial charge in [-0.1, -0.05) is 12.1 Å². The second-order valence-corrected chi connectivity index (χ2v) is 8.06. The molecule has 1 saturated heterocycles. The number of carbonyl (C=O) groups is 2. The van der Waals surface area contributed by atoms with E-state index in [1.165, 1.54) is 23.5 Å². The van der Waals surface area contributed by atoms with E-state index in [1.54, 1.807) is 29.2 Å². The zero-order chi connectivity index (χ0) is 20.4. The maximum Gasteiger partial charge on any atom is 0.267 e. The molecule has 1 aliphatic heterocycles. The second-order valence-electron chi connectivity index (χ2n) is 6.98. The fourth-order valence-electron chi connectivity index (χ4n) is 3.35. The summed E-state index contributed by atoms with van der Waals surface area (Å²) in [6.45, 7) is 2.54. The van der Waals surface area contributed by atoms with E-state index in [-0.39, 0.29) is 17.6 Å². The van der Waals surface area contributed by atoms with Crippen LogP contribution in [0.25, 0.3) is 0 Å². The molecule has 0 spiro atoms. The molecule has 148 valence electrons. The first-order chi connectivity index (χ1) is 14.0. The number of aryl methyl sites for hydroxylation is 1. The lowest BCUT2D eigenvalue weighted by molar-refractivity contribution is -0.117. The standard InChI is InChI=1S/C22H20FN3O2S/c1-14-21(29-19(24-14)13-15-4-6-16(23)7-5-15)22(28)25-17-8-10-18(11-9-17)26-12-2-3-20(26)27/h4-11H,2-3,12-13H2,1H3,(H,25,28). The normalized spacial score (nSPS) is 13.7. The van der Waals surface area contributed by atoms with Crippen molar-refractivity contribution < 1.29 is 14.0 Å². The molecule has 3 aromatic rings. The average Bonchev–Trinajstić information content (AvgIpc) is 3.29. The summed E-state index contributed by atoms with van der Waals surface area (Å²) in [5, 5.41) is 3.70. The summed E-state index contributed by atoms with van der Waals surface area (Å²) in [5.74, 6) is -0.352. The van der Waals surface area contributed by atoms with Gasteiger partial charge in [0.25, 0.3) is 5.91 Å². The molecule has 1 fully saturated rings. The number of hydrogen-bond acceptors (Lipinski definition) is 4. The lowest BCUT2D eigenvalue weighted by atomic mass is 10.1. The Hall–Kier alpha value is -3.06. The van der Waals surface area contributed by atoms with E-state index >= 15 is 0 Å². The molecule has 5 nitrogen and oxygen atoms in total. The average molecular weight is 409 g/mol. The van der Waals surface area contributed by atoms with Gasteiger partial charge in [-0.15, -0.1) is 11.3 Å². The molecule has 1 N–H and O–H groups in total. The third-order valence-corrected chi connectivity index (χ3v) is 5.98. The van der Waals surface area contributed by atoms with Crippen molar-refractivity contribution in [1.29, 1.82) is 0 Å². The number of nitrogens with one attached hydrogen (secondary N) is 1. The maximum absolute atomic E-state index is 13.1. The fraction of sp³-hybridized carbons (Fsp3) is 0.227. The highest BCUT2D eigenvalue weighted by Crippen LogP contribution is 2.25. The van der Waals surface area contributed by atoms with E-state index in [2.05, 4.69) is 10.3 Å². The topological polar surface area (TPSA) is 62.3 Å². The van der Waals surface area contributed by atoms with Gasteiger partial charge >= 0.3 is 0 Å². The van der Waals surface area contributed by atoms with Crippen LogP contribution in [0.15, 0.2) is 48.5 Å². The summed E-state index contributed by atoms with van der Waals surface area (Å²) >= 11 is 1.34. The summed E-state index contributed by atoms with van der Waals surface area (Å²) in [6.07, 6.45) is 2.02. The predicted octanol–water partition coefficient (Wildman–Crippen LogP) is 4.56. The number of anilines is 2. The first kappa shape index (κ1) is 19.3. The van der Waals surface area contributed by atoms with Gasteiger partial charge in [-0.3, -0.25) is 9.59 Å². The largest absolute Gasteiger partial charge is 0.321 e. The van der Waals surface area contributed by atoms with Crippen LogP contribution in [-0.4, -0.2) is 23.3 Å². The molecule has 7 heteroatoms. The van der Waals surface area contributed by atoms with Crippen LogP contribution in [0.2, 0.25) is 0 Å². The van der Waals surface area contributed by atoms with Gasteiger partial charge in [0.1, 0.15) is 10.7 Å². The van der Waals surface area contributed by atoms with Gasteiger partial charge < -0.3 is 10.2 Å². The van der Waals surface area contributed by atoms with Crippen molar-refractivity contribution in [1.82, 2.24) is 4.98 Å². The Labute approximate surface area is 172 Å². The van der Waals surface area contributed by atoms with E-state index in [4.69, 9.17) is 0 Å². The van der Waals surface area contributed by atoms with Crippen molar-refractivity contribution in [2.75, 3.05) is 16.8 Å². The Balaban J connectivity index is 1.43. The molecule has 1 aromatic heterocycles. The summed E-state index contributed by atoms with van der Waals surface area (Å²) in [7, 11) is 0. The van der Waals surface area contributed by atoms with Crippen LogP contribution >= 0.6 is 11.3 Å². The minimum absolute atomic E-state index is 0.135.